The summed E-state index contributed by atoms with van der Waals surface area (Å²) in [7, 11) is 2.16. The number of carbonyl (C=O) groups excluding carboxylic acids is 1. The average Bonchev–Trinajstić information content (AvgIpc) is 2.43. The molecule has 0 aromatic heterocycles. The quantitative estimate of drug-likeness (QED) is 0.721. The first kappa shape index (κ1) is 16.7. The zero-order chi connectivity index (χ0) is 15.0. The summed E-state index contributed by atoms with van der Waals surface area (Å²) in [6.45, 7) is 5.89. The SMILES string of the molecule is CCCCN(C)CC1CCN(C(=O)/C=C/C(=O)O)CC1. The number of carbonyl (C=O) groups is 2. The summed E-state index contributed by atoms with van der Waals surface area (Å²) in [6, 6.07) is 0. The van der Waals surface area contributed by atoms with Crippen LogP contribution in [0.15, 0.2) is 12.2 Å². The van der Waals surface area contributed by atoms with Crippen molar-refractivity contribution in [3.8, 4) is 0 Å². The Hall–Kier alpha value is -1.36. The van der Waals surface area contributed by atoms with Crippen LogP contribution in [0.5, 0.6) is 0 Å². The third kappa shape index (κ3) is 6.19. The van der Waals surface area contributed by atoms with E-state index in [-0.39, 0.29) is 5.91 Å². The molecule has 0 spiro atoms. The van der Waals surface area contributed by atoms with E-state index in [1.807, 2.05) is 0 Å². The summed E-state index contributed by atoms with van der Waals surface area (Å²) in [6.07, 6.45) is 6.51. The summed E-state index contributed by atoms with van der Waals surface area (Å²) in [5, 5.41) is 8.51. The van der Waals surface area contributed by atoms with Crippen molar-refractivity contribution < 1.29 is 14.7 Å². The molecule has 5 heteroatoms. The molecule has 0 aromatic carbocycles. The molecule has 1 amide bonds. The summed E-state index contributed by atoms with van der Waals surface area (Å²) < 4.78 is 0. The molecule has 1 aliphatic rings. The van der Waals surface area contributed by atoms with Crippen LogP contribution in [0.3, 0.4) is 0 Å². The molecule has 0 aromatic rings. The van der Waals surface area contributed by atoms with Crippen LogP contribution in [0.4, 0.5) is 0 Å². The minimum atomic E-state index is -1.08. The van der Waals surface area contributed by atoms with E-state index in [0.29, 0.717) is 5.92 Å². The number of rotatable bonds is 7. The van der Waals surface area contributed by atoms with Crippen LogP contribution < -0.4 is 0 Å². The van der Waals surface area contributed by atoms with Gasteiger partial charge in [-0.1, -0.05) is 13.3 Å². The van der Waals surface area contributed by atoms with Crippen LogP contribution >= 0.6 is 0 Å². The van der Waals surface area contributed by atoms with Crippen LogP contribution in [0, 0.1) is 5.92 Å². The maximum absolute atomic E-state index is 11.7. The Balaban J connectivity index is 2.29. The van der Waals surface area contributed by atoms with Gasteiger partial charge in [0.15, 0.2) is 0 Å². The molecular weight excluding hydrogens is 256 g/mol. The van der Waals surface area contributed by atoms with Crippen LogP contribution in [-0.2, 0) is 9.59 Å². The van der Waals surface area contributed by atoms with Gasteiger partial charge in [-0.3, -0.25) is 4.79 Å². The third-order valence-corrected chi connectivity index (χ3v) is 3.76. The van der Waals surface area contributed by atoms with Crippen LogP contribution in [-0.4, -0.2) is 60.0 Å². The molecule has 5 nitrogen and oxygen atoms in total. The molecule has 114 valence electrons. The van der Waals surface area contributed by atoms with Gasteiger partial charge in [-0.25, -0.2) is 4.79 Å². The first-order valence-electron chi connectivity index (χ1n) is 7.41. The Morgan fingerprint density at radius 3 is 2.50 bits per heavy atom. The highest BCUT2D eigenvalue weighted by Crippen LogP contribution is 2.18. The summed E-state index contributed by atoms with van der Waals surface area (Å²) in [4.78, 5) is 26.2. The number of hydrogen-bond donors (Lipinski definition) is 1. The minimum Gasteiger partial charge on any atom is -0.478 e. The lowest BCUT2D eigenvalue weighted by Crippen LogP contribution is -2.40. The Bertz CT molecular complexity index is 347. The lowest BCUT2D eigenvalue weighted by atomic mass is 9.96. The summed E-state index contributed by atoms with van der Waals surface area (Å²) in [5.74, 6) is -0.625. The molecule has 0 radical (unpaired) electrons. The second-order valence-electron chi connectivity index (χ2n) is 5.56. The molecule has 0 atom stereocenters. The standard InChI is InChI=1S/C15H26N2O3/c1-3-4-9-16(2)12-13-7-10-17(11-8-13)14(18)5-6-15(19)20/h5-6,13H,3-4,7-12H2,1-2H3,(H,19,20)/b6-5+. The van der Waals surface area contributed by atoms with Crippen LogP contribution in [0.1, 0.15) is 32.6 Å². The van der Waals surface area contributed by atoms with Gasteiger partial charge in [0.05, 0.1) is 0 Å². The van der Waals surface area contributed by atoms with E-state index >= 15 is 0 Å². The smallest absolute Gasteiger partial charge is 0.328 e. The fourth-order valence-corrected chi connectivity index (χ4v) is 2.54. The van der Waals surface area contributed by atoms with Crippen LogP contribution in [0.2, 0.25) is 0 Å². The van der Waals surface area contributed by atoms with E-state index < -0.39 is 5.97 Å². The largest absolute Gasteiger partial charge is 0.478 e. The topological polar surface area (TPSA) is 60.9 Å². The predicted molar refractivity (Wildman–Crippen MR) is 78.5 cm³/mol. The van der Waals surface area contributed by atoms with Gasteiger partial charge in [-0.2, -0.15) is 0 Å². The first-order chi connectivity index (χ1) is 9.52. The average molecular weight is 282 g/mol. The van der Waals surface area contributed by atoms with Gasteiger partial charge < -0.3 is 14.9 Å². The van der Waals surface area contributed by atoms with Gasteiger partial charge in [-0.15, -0.1) is 0 Å². The van der Waals surface area contributed by atoms with Crippen molar-refractivity contribution in [3.63, 3.8) is 0 Å². The Kier molecular flexibility index (Phi) is 7.30. The molecule has 1 fully saturated rings. The highest BCUT2D eigenvalue weighted by atomic mass is 16.4. The van der Waals surface area contributed by atoms with Gasteiger partial charge in [-0.05, 0) is 38.8 Å². The Labute approximate surface area is 121 Å². The molecule has 1 heterocycles. The maximum Gasteiger partial charge on any atom is 0.328 e. The van der Waals surface area contributed by atoms with Gasteiger partial charge in [0.25, 0.3) is 0 Å². The second kappa shape index (κ2) is 8.74. The van der Waals surface area contributed by atoms with Crippen molar-refractivity contribution in [1.29, 1.82) is 0 Å². The molecule has 20 heavy (non-hydrogen) atoms. The second-order valence-corrected chi connectivity index (χ2v) is 5.56. The number of aliphatic carboxylic acids is 1. The Morgan fingerprint density at radius 1 is 1.30 bits per heavy atom. The van der Waals surface area contributed by atoms with Crippen molar-refractivity contribution >= 4 is 11.9 Å². The van der Waals surface area contributed by atoms with E-state index in [9.17, 15) is 9.59 Å². The normalized spacial score (nSPS) is 17.1. The number of hydrogen-bond acceptors (Lipinski definition) is 3. The third-order valence-electron chi connectivity index (χ3n) is 3.76. The molecule has 1 aliphatic heterocycles. The number of likely N-dealkylation sites (tertiary alicyclic amines) is 1. The highest BCUT2D eigenvalue weighted by molar-refractivity contribution is 5.93. The molecule has 0 unspecified atom stereocenters. The Morgan fingerprint density at radius 2 is 1.95 bits per heavy atom. The fraction of sp³-hybridized carbons (Fsp3) is 0.733. The lowest BCUT2D eigenvalue weighted by molar-refractivity contribution is -0.132. The lowest BCUT2D eigenvalue weighted by Gasteiger charge is -2.33. The number of unbranched alkanes of at least 4 members (excludes halogenated alkanes) is 1. The number of carboxylic acids is 1. The summed E-state index contributed by atoms with van der Waals surface area (Å²) >= 11 is 0. The van der Waals surface area contributed by atoms with Gasteiger partial charge >= 0.3 is 5.97 Å². The highest BCUT2D eigenvalue weighted by Gasteiger charge is 2.22. The maximum atomic E-state index is 11.7. The molecule has 1 rings (SSSR count). The molecule has 1 saturated heterocycles. The zero-order valence-corrected chi connectivity index (χ0v) is 12.5. The van der Waals surface area contributed by atoms with Gasteiger partial charge in [0.1, 0.15) is 0 Å². The summed E-state index contributed by atoms with van der Waals surface area (Å²) in [5.41, 5.74) is 0. The van der Waals surface area contributed by atoms with Crippen molar-refractivity contribution in [1.82, 2.24) is 9.80 Å². The fourth-order valence-electron chi connectivity index (χ4n) is 2.54. The monoisotopic (exact) mass is 282 g/mol. The van der Waals surface area contributed by atoms with E-state index in [1.165, 1.54) is 12.8 Å². The van der Waals surface area contributed by atoms with E-state index in [0.717, 1.165) is 51.2 Å². The zero-order valence-electron chi connectivity index (χ0n) is 12.5. The van der Waals surface area contributed by atoms with E-state index in [2.05, 4.69) is 18.9 Å². The molecule has 1 N–H and O–H groups in total. The number of piperidine rings is 1. The number of carboxylic acid groups (broad SMARTS) is 1. The predicted octanol–water partition coefficient (Wildman–Crippen LogP) is 1.60. The van der Waals surface area contributed by atoms with Crippen molar-refractivity contribution in [2.75, 3.05) is 33.2 Å². The van der Waals surface area contributed by atoms with Crippen molar-refractivity contribution in [2.24, 2.45) is 5.92 Å². The van der Waals surface area contributed by atoms with Crippen molar-refractivity contribution in [3.05, 3.63) is 12.2 Å². The van der Waals surface area contributed by atoms with E-state index in [4.69, 9.17) is 5.11 Å². The molecule has 0 saturated carbocycles. The molecule has 0 bridgehead atoms. The van der Waals surface area contributed by atoms with E-state index in [1.54, 1.807) is 4.90 Å². The molecule has 0 aliphatic carbocycles. The molecular formula is C15H26N2O3. The van der Waals surface area contributed by atoms with Gasteiger partial charge in [0, 0.05) is 31.8 Å². The first-order valence-corrected chi connectivity index (χ1v) is 7.41. The van der Waals surface area contributed by atoms with Crippen LogP contribution in [0.25, 0.3) is 0 Å². The van der Waals surface area contributed by atoms with Crippen molar-refractivity contribution in [2.45, 2.75) is 32.6 Å². The minimum absolute atomic E-state index is 0.190. The number of nitrogens with zero attached hydrogens (tertiary/aromatic N) is 2. The van der Waals surface area contributed by atoms with Gasteiger partial charge in [0.2, 0.25) is 5.91 Å². The number of amides is 1.